The van der Waals surface area contributed by atoms with Crippen molar-refractivity contribution in [3.05, 3.63) is 0 Å². The van der Waals surface area contributed by atoms with Gasteiger partial charge in [0.15, 0.2) is 8.03 Å². The first-order chi connectivity index (χ1) is 11.2. The molecule has 9 heteroatoms. The van der Waals surface area contributed by atoms with Gasteiger partial charge in [0.25, 0.3) is 0 Å². The lowest BCUT2D eigenvalue weighted by Gasteiger charge is -2.29. The number of nitrogens with two attached hydrogens (primary N) is 1. The third-order valence-electron chi connectivity index (χ3n) is 3.69. The van der Waals surface area contributed by atoms with Gasteiger partial charge in [-0.05, 0) is 20.3 Å². The molecule has 0 saturated carbocycles. The van der Waals surface area contributed by atoms with Gasteiger partial charge in [0.05, 0.1) is 18.8 Å². The van der Waals surface area contributed by atoms with E-state index in [1.165, 1.54) is 0 Å². The van der Waals surface area contributed by atoms with E-state index < -0.39 is 24.6 Å². The predicted molar refractivity (Wildman–Crippen MR) is 100 cm³/mol. The summed E-state index contributed by atoms with van der Waals surface area (Å²) in [6, 6.07) is -0.143. The van der Waals surface area contributed by atoms with Crippen LogP contribution in [0.4, 0.5) is 4.79 Å². The third-order valence-corrected chi connectivity index (χ3v) is 5.79. The Labute approximate surface area is 151 Å². The van der Waals surface area contributed by atoms with Crippen LogP contribution >= 0.6 is 20.7 Å². The van der Waals surface area contributed by atoms with Gasteiger partial charge in [-0.2, -0.15) is 5.82 Å². The summed E-state index contributed by atoms with van der Waals surface area (Å²) < 4.78 is 29.2. The minimum atomic E-state index is -2.28. The van der Waals surface area contributed by atoms with Crippen molar-refractivity contribution in [2.45, 2.75) is 70.0 Å². The van der Waals surface area contributed by atoms with Gasteiger partial charge in [-0.3, -0.25) is 4.57 Å². The van der Waals surface area contributed by atoms with Gasteiger partial charge >= 0.3 is 5.30 Å². The quantitative estimate of drug-likeness (QED) is 0.233. The molecule has 1 fully saturated rings. The normalized spacial score (nSPS) is 25.0. The van der Waals surface area contributed by atoms with Gasteiger partial charge in [0, 0.05) is 17.6 Å². The van der Waals surface area contributed by atoms with E-state index in [-0.39, 0.29) is 18.2 Å². The highest BCUT2D eigenvalue weighted by atomic mass is 32.1. The molecule has 0 radical (unpaired) electrons. The molecule has 1 rings (SSSR count). The molecule has 4 atom stereocenters. The van der Waals surface area contributed by atoms with Crippen LogP contribution in [-0.4, -0.2) is 48.6 Å². The van der Waals surface area contributed by atoms with Crippen molar-refractivity contribution >= 4 is 33.2 Å². The maximum absolute atomic E-state index is 12.4. The van der Waals surface area contributed by atoms with Crippen LogP contribution in [0.15, 0.2) is 0 Å². The lowest BCUT2D eigenvalue weighted by Crippen LogP contribution is -2.33. The van der Waals surface area contributed by atoms with Crippen molar-refractivity contribution in [2.24, 2.45) is 5.73 Å². The largest absolute Gasteiger partial charge is 0.452 e. The van der Waals surface area contributed by atoms with Crippen molar-refractivity contribution in [1.29, 1.82) is 0 Å². The Morgan fingerprint density at radius 3 is 2.75 bits per heavy atom. The molecule has 0 aromatic heterocycles. The SMILES string of the molecule is CC(C)O[PH](=O)C(C)(C)C[C@H]1O[C@@H](BC#CCN)CC1OC(=O)S. The molecular formula is C15H27BNO5PS. The molecule has 0 aliphatic carbocycles. The fraction of sp³-hybridized carbons (Fsp3) is 0.800. The molecule has 2 unspecified atom stereocenters. The van der Waals surface area contributed by atoms with Crippen LogP contribution in [0.3, 0.4) is 0 Å². The summed E-state index contributed by atoms with van der Waals surface area (Å²) in [6.45, 7) is 7.75. The van der Waals surface area contributed by atoms with E-state index >= 15 is 0 Å². The van der Waals surface area contributed by atoms with Crippen LogP contribution in [-0.2, 0) is 18.6 Å². The third kappa shape index (κ3) is 7.20. The monoisotopic (exact) mass is 375 g/mol. The van der Waals surface area contributed by atoms with Crippen molar-refractivity contribution in [1.82, 2.24) is 0 Å². The first kappa shape index (κ1) is 21.6. The second-order valence-corrected chi connectivity index (χ2v) is 9.29. The van der Waals surface area contributed by atoms with Gasteiger partial charge in [-0.25, -0.2) is 4.79 Å². The van der Waals surface area contributed by atoms with Gasteiger partial charge in [-0.1, -0.05) is 26.5 Å². The smallest absolute Gasteiger partial charge is 0.364 e. The minimum Gasteiger partial charge on any atom is -0.452 e. The summed E-state index contributed by atoms with van der Waals surface area (Å²) in [5, 5.41) is -1.22. The Morgan fingerprint density at radius 1 is 1.54 bits per heavy atom. The van der Waals surface area contributed by atoms with Gasteiger partial charge in [0.1, 0.15) is 6.10 Å². The molecular weight excluding hydrogens is 348 g/mol. The predicted octanol–water partition coefficient (Wildman–Crippen LogP) is 1.96. The van der Waals surface area contributed by atoms with Crippen molar-refractivity contribution in [3.63, 3.8) is 0 Å². The summed E-state index contributed by atoms with van der Waals surface area (Å²) in [4.78, 5) is 11.2. The van der Waals surface area contributed by atoms with Gasteiger partial charge < -0.3 is 19.7 Å². The topological polar surface area (TPSA) is 87.8 Å². The van der Waals surface area contributed by atoms with E-state index in [0.717, 1.165) is 0 Å². The molecule has 0 amide bonds. The molecule has 2 N–H and O–H groups in total. The molecule has 0 aromatic rings. The first-order valence-electron chi connectivity index (χ1n) is 8.07. The van der Waals surface area contributed by atoms with Gasteiger partial charge in [-0.15, -0.1) is 5.92 Å². The molecule has 0 spiro atoms. The second-order valence-electron chi connectivity index (χ2n) is 6.76. The molecule has 1 heterocycles. The number of carbonyl (C=O) groups is 1. The fourth-order valence-corrected chi connectivity index (χ4v) is 3.83. The van der Waals surface area contributed by atoms with Crippen LogP contribution in [0.1, 0.15) is 40.5 Å². The second kappa shape index (κ2) is 9.89. The van der Waals surface area contributed by atoms with Gasteiger partial charge in [0.2, 0.25) is 7.28 Å². The molecule has 24 heavy (non-hydrogen) atoms. The lowest BCUT2D eigenvalue weighted by molar-refractivity contribution is 0.0166. The number of hydrogen-bond acceptors (Lipinski definition) is 6. The Bertz CT molecular complexity index is 520. The lowest BCUT2D eigenvalue weighted by atomic mass is 9.71. The first-order valence-corrected chi connectivity index (χ1v) is 9.84. The summed E-state index contributed by atoms with van der Waals surface area (Å²) >= 11 is 3.69. The Balaban J connectivity index is 2.76. The van der Waals surface area contributed by atoms with Crippen LogP contribution in [0.25, 0.3) is 0 Å². The minimum absolute atomic E-state index is 0.106. The summed E-state index contributed by atoms with van der Waals surface area (Å²) in [7, 11) is -1.76. The van der Waals surface area contributed by atoms with Crippen molar-refractivity contribution < 1.29 is 23.4 Å². The summed E-state index contributed by atoms with van der Waals surface area (Å²) in [5.41, 5.74) is 5.35. The highest BCUT2D eigenvalue weighted by molar-refractivity contribution is 7.96. The van der Waals surface area contributed by atoms with E-state index in [1.54, 1.807) is 0 Å². The molecule has 1 saturated heterocycles. The molecule has 0 aromatic carbocycles. The molecule has 6 nitrogen and oxygen atoms in total. The fourth-order valence-electron chi connectivity index (χ4n) is 2.58. The Hall–Kier alpha value is -0.445. The zero-order valence-corrected chi connectivity index (χ0v) is 16.6. The van der Waals surface area contributed by atoms with Crippen LogP contribution in [0.5, 0.6) is 0 Å². The molecule has 0 bridgehead atoms. The zero-order chi connectivity index (χ0) is 18.3. The summed E-state index contributed by atoms with van der Waals surface area (Å²) in [6.07, 6.45) is 0.117. The van der Waals surface area contributed by atoms with E-state index in [2.05, 4.69) is 24.4 Å². The summed E-state index contributed by atoms with van der Waals surface area (Å²) in [5.74, 6) is 5.74. The highest BCUT2D eigenvalue weighted by Crippen LogP contribution is 2.46. The van der Waals surface area contributed by atoms with Crippen LogP contribution in [0, 0.1) is 11.7 Å². The highest BCUT2D eigenvalue weighted by Gasteiger charge is 2.42. The van der Waals surface area contributed by atoms with E-state index in [4.69, 9.17) is 19.7 Å². The zero-order valence-electron chi connectivity index (χ0n) is 14.7. The number of rotatable bonds is 7. The maximum atomic E-state index is 12.4. The molecule has 1 aliphatic heterocycles. The Morgan fingerprint density at radius 2 is 2.21 bits per heavy atom. The van der Waals surface area contributed by atoms with E-state index in [0.29, 0.717) is 26.7 Å². The number of thiol groups is 1. The average Bonchev–Trinajstić information content (AvgIpc) is 2.78. The van der Waals surface area contributed by atoms with Crippen molar-refractivity contribution in [2.75, 3.05) is 6.54 Å². The van der Waals surface area contributed by atoms with Crippen molar-refractivity contribution in [3.8, 4) is 11.7 Å². The van der Waals surface area contributed by atoms with E-state index in [1.807, 2.05) is 27.7 Å². The molecule has 136 valence electrons. The number of carbonyl (C=O) groups excluding carboxylic acids is 1. The Kier molecular flexibility index (Phi) is 8.90. The average molecular weight is 375 g/mol. The maximum Gasteiger partial charge on any atom is 0.364 e. The van der Waals surface area contributed by atoms with E-state index in [9.17, 15) is 9.36 Å². The van der Waals surface area contributed by atoms with Crippen LogP contribution in [0.2, 0.25) is 0 Å². The number of hydrogen-bond donors (Lipinski definition) is 2. The molecule has 1 aliphatic rings. The van der Waals surface area contributed by atoms with Crippen LogP contribution < -0.4 is 5.73 Å². The number of ether oxygens (including phenoxy) is 2. The standard InChI is InChI=1S/C15H27BNO5PS/c1-10(2)22-23(19)15(3,4)9-12-11(21-14(18)24)8-13(20-12)16-6-5-7-17/h10-13,16,23H,7-9,17H2,1-4H3,(H,18,24)/t11?,12-,13-/m1/s1.